The summed E-state index contributed by atoms with van der Waals surface area (Å²) in [4.78, 5) is 41.6. The Bertz CT molecular complexity index is 3230. The van der Waals surface area contributed by atoms with Gasteiger partial charge < -0.3 is 43.1 Å². The van der Waals surface area contributed by atoms with E-state index in [1.54, 1.807) is 0 Å². The van der Waals surface area contributed by atoms with Crippen molar-refractivity contribution in [3.05, 3.63) is 90.2 Å². The Morgan fingerprint density at radius 2 is 0.632 bits per heavy atom. The van der Waals surface area contributed by atoms with E-state index in [1.165, 1.54) is 0 Å². The molecule has 3 atom stereocenters. The van der Waals surface area contributed by atoms with Crippen LogP contribution in [0.25, 0.3) is 0 Å². The summed E-state index contributed by atoms with van der Waals surface area (Å²) < 4.78 is 318. The molecule has 0 N–H and O–H groups in total. The van der Waals surface area contributed by atoms with Crippen LogP contribution in [0.1, 0.15) is 38.5 Å². The van der Waals surface area contributed by atoms with Gasteiger partial charge >= 0.3 is 44.6 Å². The highest BCUT2D eigenvalue weighted by Crippen LogP contribution is 2.52. The Morgan fingerprint density at radius 3 is 0.842 bits per heavy atom. The fraction of sp³-hybridized carbons (Fsp3) is 0.611. The first-order chi connectivity index (χ1) is 44.3. The van der Waals surface area contributed by atoms with Crippen LogP contribution < -0.4 is 0 Å². The van der Waals surface area contributed by atoms with E-state index < -0.39 is 186 Å². The highest BCUT2D eigenvalue weighted by Gasteiger charge is 2.53. The molecule has 25 nitrogen and oxygen atoms in total. The van der Waals surface area contributed by atoms with E-state index in [4.69, 9.17) is 27.8 Å². The Labute approximate surface area is 536 Å². The van der Waals surface area contributed by atoms with Crippen molar-refractivity contribution < 1.29 is 139 Å². The minimum absolute atomic E-state index is 0.158. The average molecular weight is 1460 g/mol. The molecule has 0 saturated carbocycles. The molecule has 6 aliphatic rings. The summed E-state index contributed by atoms with van der Waals surface area (Å²) in [6, 6.07) is 11.7. The van der Waals surface area contributed by atoms with Crippen molar-refractivity contribution in [3.63, 3.8) is 0 Å². The van der Waals surface area contributed by atoms with Gasteiger partial charge in [0.1, 0.15) is 37.3 Å². The van der Waals surface area contributed by atoms with Gasteiger partial charge in [-0.05, 0) is 111 Å². The topological polar surface area (TPSA) is 273 Å². The SMILES string of the molecule is O=C(O[C@H](COP(=O)(OC[C@@H](OC(=O)N1CCC2(CC1)CN(S(=O)(=O)c1ccc(F)cc1)CCO2)C(F)(F)F)OC[C@@H](OC(=O)N1CCC2(CC1)CN(S(=O)(=O)c1ccc(F)cc1)CCO2)C(F)(F)F)C(F)(F)F)N1CCC2(CC1)CN(S(=O)(=O)c1ccc(F)cc1)CCO2. The van der Waals surface area contributed by atoms with Crippen molar-refractivity contribution in [3.8, 4) is 0 Å². The zero-order valence-corrected chi connectivity index (χ0v) is 53.1. The maximum Gasteiger partial charge on any atom is 0.475 e. The molecule has 3 aromatic rings. The van der Waals surface area contributed by atoms with Crippen LogP contribution in [0.15, 0.2) is 87.5 Å². The highest BCUT2D eigenvalue weighted by atomic mass is 32.2. The van der Waals surface area contributed by atoms with E-state index >= 15 is 0 Å². The van der Waals surface area contributed by atoms with Crippen molar-refractivity contribution in [1.29, 1.82) is 0 Å². The predicted molar refractivity (Wildman–Crippen MR) is 298 cm³/mol. The number of piperidine rings is 3. The van der Waals surface area contributed by atoms with E-state index in [1.807, 2.05) is 0 Å². The molecule has 0 aliphatic carbocycles. The molecule has 0 unspecified atom stereocenters. The number of alkyl halides is 9. The maximum absolute atomic E-state index is 14.8. The number of carbonyl (C=O) groups excluding carboxylic acids is 3. The van der Waals surface area contributed by atoms with Crippen LogP contribution in [0, 0.1) is 17.5 Å². The molecule has 41 heteroatoms. The number of hydrogen-bond donors (Lipinski definition) is 0. The lowest BCUT2D eigenvalue weighted by Crippen LogP contribution is -2.58. The summed E-state index contributed by atoms with van der Waals surface area (Å²) in [6.45, 7) is -11.5. The van der Waals surface area contributed by atoms with Crippen molar-refractivity contribution in [2.24, 2.45) is 0 Å². The monoisotopic (exact) mass is 1450 g/mol. The van der Waals surface area contributed by atoms with Crippen molar-refractivity contribution >= 4 is 56.2 Å². The number of benzene rings is 3. The lowest BCUT2D eigenvalue weighted by Gasteiger charge is -2.46. The Kier molecular flexibility index (Phi) is 22.2. The maximum atomic E-state index is 14.8. The van der Waals surface area contributed by atoms with Crippen LogP contribution >= 0.6 is 7.82 Å². The summed E-state index contributed by atoms with van der Waals surface area (Å²) in [5, 5.41) is 0. The van der Waals surface area contributed by atoms with Gasteiger partial charge in [-0.3, -0.25) is 13.6 Å². The molecule has 6 aliphatic heterocycles. The first-order valence-corrected chi connectivity index (χ1v) is 34.9. The number of halogens is 12. The number of hydrogen-bond acceptors (Lipinski definition) is 19. The van der Waals surface area contributed by atoms with Gasteiger partial charge in [0.2, 0.25) is 48.4 Å². The number of phosphoric ester groups is 1. The second kappa shape index (κ2) is 28.7. The van der Waals surface area contributed by atoms with Gasteiger partial charge in [-0.2, -0.15) is 52.4 Å². The quantitative estimate of drug-likeness (QED) is 0.0680. The van der Waals surface area contributed by atoms with Crippen molar-refractivity contribution in [1.82, 2.24) is 27.6 Å². The lowest BCUT2D eigenvalue weighted by molar-refractivity contribution is -0.222. The molecule has 0 aromatic heterocycles. The van der Waals surface area contributed by atoms with E-state index in [0.29, 0.717) is 14.7 Å². The first-order valence-electron chi connectivity index (χ1n) is 29.1. The summed E-state index contributed by atoms with van der Waals surface area (Å²) in [6.07, 6.45) is -34.5. The molecular weight excluding hydrogens is 1390 g/mol. The van der Waals surface area contributed by atoms with Crippen LogP contribution in [0.2, 0.25) is 0 Å². The first kappa shape index (κ1) is 73.6. The summed E-state index contributed by atoms with van der Waals surface area (Å²) in [5.74, 6) is -2.16. The summed E-state index contributed by atoms with van der Waals surface area (Å²) in [7, 11) is -19.1. The normalized spacial score (nSPS) is 21.5. The van der Waals surface area contributed by atoms with Crippen LogP contribution in [0.3, 0.4) is 0 Å². The molecule has 0 radical (unpaired) electrons. The molecule has 6 saturated heterocycles. The largest absolute Gasteiger partial charge is 0.475 e. The number of morpholine rings is 3. The fourth-order valence-corrected chi connectivity index (χ4v) is 16.9. The third-order valence-electron chi connectivity index (χ3n) is 16.8. The number of nitrogens with zero attached hydrogens (tertiary/aromatic N) is 6. The smallest absolute Gasteiger partial charge is 0.434 e. The van der Waals surface area contributed by atoms with Gasteiger partial charge in [-0.1, -0.05) is 0 Å². The molecule has 3 amide bonds. The molecule has 6 fully saturated rings. The fourth-order valence-electron chi connectivity index (χ4n) is 11.3. The van der Waals surface area contributed by atoms with Gasteiger partial charge in [0.25, 0.3) is 0 Å². The van der Waals surface area contributed by atoms with E-state index in [0.717, 1.165) is 85.7 Å². The zero-order chi connectivity index (χ0) is 69.2. The molecule has 6 heterocycles. The van der Waals surface area contributed by atoms with Gasteiger partial charge in [0, 0.05) is 78.5 Å². The molecule has 530 valence electrons. The van der Waals surface area contributed by atoms with E-state index in [2.05, 4.69) is 14.2 Å². The van der Waals surface area contributed by atoms with Gasteiger partial charge in [0.05, 0.1) is 51.3 Å². The van der Waals surface area contributed by atoms with Crippen LogP contribution in [-0.4, -0.2) is 243 Å². The van der Waals surface area contributed by atoms with Crippen LogP contribution in [0.5, 0.6) is 0 Å². The Balaban J connectivity index is 0.867. The molecule has 3 spiro atoms. The molecule has 0 bridgehead atoms. The number of likely N-dealkylation sites (tertiary alicyclic amines) is 3. The summed E-state index contributed by atoms with van der Waals surface area (Å²) in [5.41, 5.74) is -3.93. The number of amides is 3. The molecule has 9 rings (SSSR count). The predicted octanol–water partition coefficient (Wildman–Crippen LogP) is 7.43. The van der Waals surface area contributed by atoms with Crippen molar-refractivity contribution in [2.45, 2.75) is 107 Å². The third-order valence-corrected chi connectivity index (χ3v) is 23.7. The van der Waals surface area contributed by atoms with Gasteiger partial charge in [-0.25, -0.2) is 57.4 Å². The van der Waals surface area contributed by atoms with Crippen molar-refractivity contribution in [2.75, 3.05) is 118 Å². The second-order valence-corrected chi connectivity index (χ2v) is 30.5. The highest BCUT2D eigenvalue weighted by molar-refractivity contribution is 7.89. The minimum atomic E-state index is -6.40. The van der Waals surface area contributed by atoms with E-state index in [-0.39, 0.29) is 112 Å². The Morgan fingerprint density at radius 1 is 0.411 bits per heavy atom. The lowest BCUT2D eigenvalue weighted by atomic mass is 9.90. The number of ether oxygens (including phenoxy) is 6. The molecule has 95 heavy (non-hydrogen) atoms. The standard InChI is InChI=1S/C54H63F12N6O19PS3/c55-37-1-7-40(8-2-37)93(77,78)70-25-28-83-49(34-70)13-19-67(20-14-49)46(73)89-43(52(58,59)60)31-86-92(76,87-32-44(53(61,62)63)90-47(74)68-21-15-50(16-22-68)35-71(26-29-84-50)94(79,80)41-9-3-38(56)4-10-41)88-33-45(54(64,65)66)91-48(75)69-23-17-51(18-24-69)36-72(27-30-85-51)95(81,82)42-11-5-39(57)6-12-42/h1-12,43-45H,13-36H2/t43-,44-,45-/m1/s1. The Hall–Kier alpha value is -5.65. The number of phosphoric acid groups is 1. The second-order valence-electron chi connectivity index (χ2n) is 23.0. The van der Waals surface area contributed by atoms with Gasteiger partial charge in [0.15, 0.2) is 0 Å². The van der Waals surface area contributed by atoms with Crippen LogP contribution in [-0.2, 0) is 76.6 Å². The number of carbonyl (C=O) groups is 3. The van der Waals surface area contributed by atoms with E-state index in [9.17, 15) is 96.9 Å². The molecular formula is C54H63F12N6O19PS3. The number of rotatable bonds is 18. The molecule has 3 aromatic carbocycles. The average Bonchev–Trinajstić information content (AvgIpc) is 0.796. The third kappa shape index (κ3) is 17.8. The van der Waals surface area contributed by atoms with Gasteiger partial charge in [-0.15, -0.1) is 0 Å². The zero-order valence-electron chi connectivity index (χ0n) is 49.8. The minimum Gasteiger partial charge on any atom is -0.434 e. The van der Waals surface area contributed by atoms with Crippen LogP contribution in [0.4, 0.5) is 67.1 Å². The number of sulfonamides is 3. The summed E-state index contributed by atoms with van der Waals surface area (Å²) >= 11 is 0.